The molecule has 1 rings (SSSR count). The molecule has 1 aliphatic rings. The SMILES string of the molecule is CC1O[C@@H](CN)[C@H](CN)O1. The summed E-state index contributed by atoms with van der Waals surface area (Å²) in [6.45, 7) is 2.80. The zero-order valence-corrected chi connectivity index (χ0v) is 6.12. The van der Waals surface area contributed by atoms with Gasteiger partial charge < -0.3 is 20.9 Å². The minimum Gasteiger partial charge on any atom is -0.346 e. The molecule has 0 unspecified atom stereocenters. The van der Waals surface area contributed by atoms with Crippen molar-refractivity contribution in [1.29, 1.82) is 0 Å². The molecule has 1 fully saturated rings. The van der Waals surface area contributed by atoms with E-state index in [2.05, 4.69) is 0 Å². The van der Waals surface area contributed by atoms with Crippen LogP contribution in [0.25, 0.3) is 0 Å². The molecule has 4 N–H and O–H groups in total. The van der Waals surface area contributed by atoms with Crippen molar-refractivity contribution in [3.8, 4) is 0 Å². The van der Waals surface area contributed by atoms with Gasteiger partial charge in [0.2, 0.25) is 0 Å². The normalized spacial score (nSPS) is 35.1. The topological polar surface area (TPSA) is 70.5 Å². The molecular weight excluding hydrogens is 132 g/mol. The van der Waals surface area contributed by atoms with Crippen molar-refractivity contribution >= 4 is 0 Å². The molecule has 0 spiro atoms. The zero-order chi connectivity index (χ0) is 7.56. The highest BCUT2D eigenvalue weighted by Crippen LogP contribution is 2.16. The fourth-order valence-electron chi connectivity index (χ4n) is 1.11. The molecule has 0 aromatic rings. The Kier molecular flexibility index (Phi) is 2.62. The van der Waals surface area contributed by atoms with E-state index in [1.54, 1.807) is 0 Å². The fraction of sp³-hybridized carbons (Fsp3) is 1.00. The molecule has 0 aromatic carbocycles. The van der Waals surface area contributed by atoms with Crippen LogP contribution in [0.3, 0.4) is 0 Å². The lowest BCUT2D eigenvalue weighted by Gasteiger charge is -2.11. The Hall–Kier alpha value is -0.160. The summed E-state index contributed by atoms with van der Waals surface area (Å²) in [4.78, 5) is 0. The van der Waals surface area contributed by atoms with Gasteiger partial charge in [0.25, 0.3) is 0 Å². The molecule has 1 heterocycles. The molecule has 1 saturated heterocycles. The predicted molar refractivity (Wildman–Crippen MR) is 37.3 cm³/mol. The van der Waals surface area contributed by atoms with Gasteiger partial charge in [-0.05, 0) is 6.92 Å². The van der Waals surface area contributed by atoms with Gasteiger partial charge in [-0.1, -0.05) is 0 Å². The van der Waals surface area contributed by atoms with Crippen molar-refractivity contribution in [2.24, 2.45) is 11.5 Å². The van der Waals surface area contributed by atoms with Gasteiger partial charge in [-0.25, -0.2) is 0 Å². The van der Waals surface area contributed by atoms with Crippen molar-refractivity contribution in [1.82, 2.24) is 0 Å². The van der Waals surface area contributed by atoms with E-state index in [1.807, 2.05) is 6.92 Å². The van der Waals surface area contributed by atoms with E-state index in [1.165, 1.54) is 0 Å². The summed E-state index contributed by atoms with van der Waals surface area (Å²) < 4.78 is 10.6. The summed E-state index contributed by atoms with van der Waals surface area (Å²) >= 11 is 0. The van der Waals surface area contributed by atoms with Gasteiger partial charge in [0, 0.05) is 13.1 Å². The number of hydrogen-bond acceptors (Lipinski definition) is 4. The summed E-state index contributed by atoms with van der Waals surface area (Å²) in [5.41, 5.74) is 10.8. The van der Waals surface area contributed by atoms with Crippen molar-refractivity contribution in [2.75, 3.05) is 13.1 Å². The summed E-state index contributed by atoms with van der Waals surface area (Å²) in [7, 11) is 0. The molecule has 0 aliphatic carbocycles. The van der Waals surface area contributed by atoms with Crippen LogP contribution in [0.1, 0.15) is 6.92 Å². The molecule has 0 aromatic heterocycles. The van der Waals surface area contributed by atoms with Crippen molar-refractivity contribution in [3.05, 3.63) is 0 Å². The average Bonchev–Trinajstić information content (AvgIpc) is 2.30. The molecule has 1 aliphatic heterocycles. The van der Waals surface area contributed by atoms with E-state index >= 15 is 0 Å². The molecule has 4 heteroatoms. The Bertz CT molecular complexity index is 97.9. The molecule has 2 atom stereocenters. The standard InChI is InChI=1S/C6H14N2O2/c1-4-9-5(2-7)6(3-8)10-4/h4-6H,2-3,7-8H2,1H3/t5-,6-/m0/s1. The van der Waals surface area contributed by atoms with Crippen LogP contribution in [0.2, 0.25) is 0 Å². The number of hydrogen-bond donors (Lipinski definition) is 2. The molecule has 10 heavy (non-hydrogen) atoms. The predicted octanol–water partition coefficient (Wildman–Crippen LogP) is -0.966. The molecule has 0 bridgehead atoms. The van der Waals surface area contributed by atoms with E-state index < -0.39 is 0 Å². The maximum atomic E-state index is 5.40. The highest BCUT2D eigenvalue weighted by molar-refractivity contribution is 4.77. The highest BCUT2D eigenvalue weighted by Gasteiger charge is 2.31. The second-order valence-corrected chi connectivity index (χ2v) is 2.39. The van der Waals surface area contributed by atoms with Crippen molar-refractivity contribution in [2.45, 2.75) is 25.4 Å². The quantitative estimate of drug-likeness (QED) is 0.526. The van der Waals surface area contributed by atoms with E-state index in [0.717, 1.165) is 0 Å². The van der Waals surface area contributed by atoms with Crippen LogP contribution in [0.4, 0.5) is 0 Å². The van der Waals surface area contributed by atoms with E-state index in [9.17, 15) is 0 Å². The van der Waals surface area contributed by atoms with Gasteiger partial charge in [-0.3, -0.25) is 0 Å². The average molecular weight is 146 g/mol. The largest absolute Gasteiger partial charge is 0.346 e. The second-order valence-electron chi connectivity index (χ2n) is 2.39. The third kappa shape index (κ3) is 1.46. The lowest BCUT2D eigenvalue weighted by Crippen LogP contribution is -2.35. The van der Waals surface area contributed by atoms with E-state index in [0.29, 0.717) is 13.1 Å². The Morgan fingerprint density at radius 1 is 1.10 bits per heavy atom. The third-order valence-corrected chi connectivity index (χ3v) is 1.61. The monoisotopic (exact) mass is 146 g/mol. The smallest absolute Gasteiger partial charge is 0.155 e. The first-order valence-corrected chi connectivity index (χ1v) is 3.49. The Morgan fingerprint density at radius 2 is 1.50 bits per heavy atom. The maximum absolute atomic E-state index is 5.40. The summed E-state index contributed by atoms with van der Waals surface area (Å²) in [6.07, 6.45) is -0.179. The first kappa shape index (κ1) is 7.94. The van der Waals surface area contributed by atoms with Crippen LogP contribution >= 0.6 is 0 Å². The summed E-state index contributed by atoms with van der Waals surface area (Å²) in [5.74, 6) is 0. The summed E-state index contributed by atoms with van der Waals surface area (Å²) in [5, 5.41) is 0. The lowest BCUT2D eigenvalue weighted by atomic mass is 10.2. The van der Waals surface area contributed by atoms with Crippen LogP contribution in [0.15, 0.2) is 0 Å². The Balaban J connectivity index is 2.41. The highest BCUT2D eigenvalue weighted by atomic mass is 16.7. The second kappa shape index (κ2) is 3.30. The molecule has 0 saturated carbocycles. The van der Waals surface area contributed by atoms with Gasteiger partial charge in [-0.2, -0.15) is 0 Å². The van der Waals surface area contributed by atoms with Crippen molar-refractivity contribution in [3.63, 3.8) is 0 Å². The van der Waals surface area contributed by atoms with Crippen LogP contribution in [-0.2, 0) is 9.47 Å². The summed E-state index contributed by atoms with van der Waals surface area (Å²) in [6, 6.07) is 0. The lowest BCUT2D eigenvalue weighted by molar-refractivity contribution is -0.0488. The molecular formula is C6H14N2O2. The number of ether oxygens (including phenoxy) is 2. The fourth-order valence-corrected chi connectivity index (χ4v) is 1.11. The Labute approximate surface area is 60.5 Å². The first-order valence-electron chi connectivity index (χ1n) is 3.49. The minimum atomic E-state index is -0.151. The van der Waals surface area contributed by atoms with Crippen LogP contribution < -0.4 is 11.5 Å². The third-order valence-electron chi connectivity index (χ3n) is 1.61. The molecule has 60 valence electrons. The van der Waals surface area contributed by atoms with Gasteiger partial charge >= 0.3 is 0 Å². The van der Waals surface area contributed by atoms with Gasteiger partial charge in [0.05, 0.1) is 0 Å². The van der Waals surface area contributed by atoms with E-state index in [4.69, 9.17) is 20.9 Å². The number of rotatable bonds is 2. The molecule has 0 radical (unpaired) electrons. The zero-order valence-electron chi connectivity index (χ0n) is 6.12. The molecule has 0 amide bonds. The van der Waals surface area contributed by atoms with Crippen LogP contribution in [0, 0.1) is 0 Å². The molecule has 4 nitrogen and oxygen atoms in total. The maximum Gasteiger partial charge on any atom is 0.155 e. The van der Waals surface area contributed by atoms with Crippen molar-refractivity contribution < 1.29 is 9.47 Å². The van der Waals surface area contributed by atoms with E-state index in [-0.39, 0.29) is 18.5 Å². The van der Waals surface area contributed by atoms with Gasteiger partial charge in [0.15, 0.2) is 6.29 Å². The Morgan fingerprint density at radius 3 is 1.80 bits per heavy atom. The van der Waals surface area contributed by atoms with Crippen LogP contribution in [0.5, 0.6) is 0 Å². The van der Waals surface area contributed by atoms with Gasteiger partial charge in [-0.15, -0.1) is 0 Å². The van der Waals surface area contributed by atoms with Crippen LogP contribution in [-0.4, -0.2) is 31.6 Å². The van der Waals surface area contributed by atoms with Gasteiger partial charge in [0.1, 0.15) is 12.2 Å². The minimum absolute atomic E-state index is 0.0139. The number of nitrogens with two attached hydrogens (primary N) is 2. The first-order chi connectivity index (χ1) is 4.77.